The summed E-state index contributed by atoms with van der Waals surface area (Å²) in [5.41, 5.74) is 2.07. The Morgan fingerprint density at radius 2 is 1.97 bits per heavy atom. The summed E-state index contributed by atoms with van der Waals surface area (Å²) in [7, 11) is -3.97. The van der Waals surface area contributed by atoms with Gasteiger partial charge in [-0.2, -0.15) is 4.31 Å². The predicted octanol–water partition coefficient (Wildman–Crippen LogP) is 4.24. The number of piperidine rings is 1. The number of nitrogens with zero attached hydrogens (tertiary/aromatic N) is 2. The van der Waals surface area contributed by atoms with Gasteiger partial charge < -0.3 is 10.2 Å². The zero-order valence-corrected chi connectivity index (χ0v) is 21.5. The molecular formula is C24H27BrFN3O4S. The number of halogens is 2. The van der Waals surface area contributed by atoms with Crippen LogP contribution in [0.4, 0.5) is 15.8 Å². The molecule has 7 nitrogen and oxygen atoms in total. The van der Waals surface area contributed by atoms with Crippen LogP contribution in [0, 0.1) is 18.7 Å². The van der Waals surface area contributed by atoms with E-state index in [9.17, 15) is 22.4 Å². The summed E-state index contributed by atoms with van der Waals surface area (Å²) in [5, 5.41) is 2.71. The molecule has 2 aliphatic rings. The fourth-order valence-corrected chi connectivity index (χ4v) is 6.98. The van der Waals surface area contributed by atoms with Crippen LogP contribution in [0.1, 0.15) is 37.3 Å². The highest BCUT2D eigenvalue weighted by atomic mass is 79.9. The van der Waals surface area contributed by atoms with Gasteiger partial charge in [0, 0.05) is 36.2 Å². The lowest BCUT2D eigenvalue weighted by Crippen LogP contribution is -2.44. The van der Waals surface area contributed by atoms with E-state index >= 15 is 0 Å². The minimum absolute atomic E-state index is 0.0194. The van der Waals surface area contributed by atoms with Gasteiger partial charge >= 0.3 is 0 Å². The summed E-state index contributed by atoms with van der Waals surface area (Å²) in [6.07, 6.45) is 1.92. The summed E-state index contributed by atoms with van der Waals surface area (Å²) in [6.45, 7) is 4.14. The van der Waals surface area contributed by atoms with Gasteiger partial charge in [-0.3, -0.25) is 9.59 Å². The van der Waals surface area contributed by atoms with Crippen molar-refractivity contribution in [1.29, 1.82) is 0 Å². The summed E-state index contributed by atoms with van der Waals surface area (Å²) >= 11 is 3.41. The maximum Gasteiger partial charge on any atom is 0.245 e. The molecule has 0 unspecified atom stereocenters. The largest absolute Gasteiger partial charge is 0.326 e. The molecule has 0 bridgehead atoms. The van der Waals surface area contributed by atoms with E-state index < -0.39 is 21.8 Å². The number of rotatable bonds is 5. The molecule has 1 atom stereocenters. The van der Waals surface area contributed by atoms with Crippen molar-refractivity contribution < 1.29 is 22.4 Å². The van der Waals surface area contributed by atoms with E-state index in [0.717, 1.165) is 5.56 Å². The first-order chi connectivity index (χ1) is 16.1. The third-order valence-corrected chi connectivity index (χ3v) is 8.75. The number of carbonyl (C=O) groups excluding carboxylic acids is 2. The molecule has 10 heteroatoms. The Balaban J connectivity index is 1.59. The predicted molar refractivity (Wildman–Crippen MR) is 132 cm³/mol. The van der Waals surface area contributed by atoms with Crippen molar-refractivity contribution in [2.75, 3.05) is 29.9 Å². The number of hydrogen-bond donors (Lipinski definition) is 1. The Bertz CT molecular complexity index is 1250. The van der Waals surface area contributed by atoms with E-state index in [1.165, 1.54) is 16.4 Å². The number of sulfonamides is 1. The maximum absolute atomic E-state index is 13.9. The van der Waals surface area contributed by atoms with E-state index in [1.54, 1.807) is 30.9 Å². The molecule has 2 aromatic rings. The number of hydrogen-bond acceptors (Lipinski definition) is 4. The quantitative estimate of drug-likeness (QED) is 0.602. The molecule has 0 aromatic heterocycles. The van der Waals surface area contributed by atoms with Crippen molar-refractivity contribution in [3.05, 3.63) is 51.7 Å². The minimum atomic E-state index is -3.97. The lowest BCUT2D eigenvalue weighted by molar-refractivity contribution is -0.121. The molecule has 0 spiro atoms. The van der Waals surface area contributed by atoms with Crippen molar-refractivity contribution in [3.8, 4) is 0 Å². The topological polar surface area (TPSA) is 86.8 Å². The third-order valence-electron chi connectivity index (χ3n) is 6.41. The Morgan fingerprint density at radius 3 is 2.68 bits per heavy atom. The highest BCUT2D eigenvalue weighted by molar-refractivity contribution is 9.10. The van der Waals surface area contributed by atoms with Gasteiger partial charge in [0.15, 0.2) is 0 Å². The van der Waals surface area contributed by atoms with Crippen LogP contribution in [0.25, 0.3) is 0 Å². The van der Waals surface area contributed by atoms with Gasteiger partial charge in [-0.15, -0.1) is 0 Å². The number of aryl methyl sites for hydroxylation is 1. The van der Waals surface area contributed by atoms with E-state index in [1.807, 2.05) is 6.07 Å². The molecule has 2 heterocycles. The van der Waals surface area contributed by atoms with Crippen molar-refractivity contribution in [3.63, 3.8) is 0 Å². The average Bonchev–Trinajstić information content (AvgIpc) is 3.24. The lowest BCUT2D eigenvalue weighted by atomic mass is 9.98. The number of benzene rings is 2. The van der Waals surface area contributed by atoms with E-state index in [4.69, 9.17) is 0 Å². The van der Waals surface area contributed by atoms with Crippen LogP contribution >= 0.6 is 15.9 Å². The Hall–Kier alpha value is -2.30. The van der Waals surface area contributed by atoms with Gasteiger partial charge in [0.25, 0.3) is 0 Å². The molecule has 1 N–H and O–H groups in total. The summed E-state index contributed by atoms with van der Waals surface area (Å²) in [4.78, 5) is 27.0. The molecule has 1 saturated heterocycles. The molecule has 0 radical (unpaired) electrons. The van der Waals surface area contributed by atoms with Crippen LogP contribution in [0.2, 0.25) is 0 Å². The van der Waals surface area contributed by atoms with Gasteiger partial charge in [-0.1, -0.05) is 28.9 Å². The van der Waals surface area contributed by atoms with Crippen LogP contribution in [-0.4, -0.2) is 44.2 Å². The Morgan fingerprint density at radius 1 is 1.21 bits per heavy atom. The maximum atomic E-state index is 13.9. The molecule has 0 saturated carbocycles. The molecule has 2 aromatic carbocycles. The van der Waals surface area contributed by atoms with Crippen LogP contribution in [0.3, 0.4) is 0 Å². The van der Waals surface area contributed by atoms with Gasteiger partial charge in [-0.05, 0) is 61.6 Å². The molecular weight excluding hydrogens is 525 g/mol. The normalized spacial score (nSPS) is 18.6. The number of carbonyl (C=O) groups is 2. The van der Waals surface area contributed by atoms with E-state index in [0.29, 0.717) is 47.2 Å². The molecule has 2 aliphatic heterocycles. The van der Waals surface area contributed by atoms with Crippen LogP contribution in [-0.2, 0) is 26.0 Å². The van der Waals surface area contributed by atoms with E-state index in [-0.39, 0.29) is 36.2 Å². The molecule has 182 valence electrons. The highest BCUT2D eigenvalue weighted by Gasteiger charge is 2.38. The van der Waals surface area contributed by atoms with Crippen LogP contribution in [0.15, 0.2) is 39.7 Å². The van der Waals surface area contributed by atoms with E-state index in [2.05, 4.69) is 21.2 Å². The van der Waals surface area contributed by atoms with Gasteiger partial charge in [0.05, 0.1) is 11.6 Å². The second-order valence-electron chi connectivity index (χ2n) is 8.72. The molecule has 4 rings (SSSR count). The summed E-state index contributed by atoms with van der Waals surface area (Å²) < 4.78 is 43.3. The number of anilines is 2. The summed E-state index contributed by atoms with van der Waals surface area (Å²) in [6, 6.07) is 7.85. The van der Waals surface area contributed by atoms with Crippen LogP contribution in [0.5, 0.6) is 0 Å². The van der Waals surface area contributed by atoms with Gasteiger partial charge in [0.1, 0.15) is 10.7 Å². The SMILES string of the molecule is CCC(=O)N1CCc2cc(Br)cc(S(=O)(=O)N3CCC[C@@H](C(=O)Nc4ccc(C)c(F)c4)C3)c21. The molecule has 0 aliphatic carbocycles. The first kappa shape index (κ1) is 24.8. The second-order valence-corrected chi connectivity index (χ2v) is 11.5. The van der Waals surface area contributed by atoms with Crippen LogP contribution < -0.4 is 10.2 Å². The van der Waals surface area contributed by atoms with Gasteiger partial charge in [-0.25, -0.2) is 12.8 Å². The molecule has 1 fully saturated rings. The standard InChI is InChI=1S/C24H27BrFN3O4S/c1-3-22(30)29-10-8-16-11-18(25)12-21(23(16)29)34(32,33)28-9-4-5-17(14-28)24(31)27-19-7-6-15(2)20(26)13-19/h6-7,11-13,17H,3-5,8-10,14H2,1-2H3,(H,27,31)/t17-/m1/s1. The minimum Gasteiger partial charge on any atom is -0.326 e. The zero-order valence-electron chi connectivity index (χ0n) is 19.1. The number of amides is 2. The zero-order chi connectivity index (χ0) is 24.6. The second kappa shape index (κ2) is 9.75. The van der Waals surface area contributed by atoms with Crippen molar-refractivity contribution in [2.24, 2.45) is 5.92 Å². The first-order valence-electron chi connectivity index (χ1n) is 11.3. The first-order valence-corrected chi connectivity index (χ1v) is 13.5. The fourth-order valence-electron chi connectivity index (χ4n) is 4.53. The monoisotopic (exact) mass is 551 g/mol. The third kappa shape index (κ3) is 4.76. The fraction of sp³-hybridized carbons (Fsp3) is 0.417. The van der Waals surface area contributed by atoms with Crippen molar-refractivity contribution in [1.82, 2.24) is 4.31 Å². The summed E-state index contributed by atoms with van der Waals surface area (Å²) in [5.74, 6) is -1.45. The average molecular weight is 552 g/mol. The Labute approximate surface area is 207 Å². The molecule has 34 heavy (non-hydrogen) atoms. The number of nitrogens with one attached hydrogen (secondary N) is 1. The number of fused-ring (bicyclic) bond motifs is 1. The molecule has 2 amide bonds. The lowest BCUT2D eigenvalue weighted by Gasteiger charge is -2.32. The van der Waals surface area contributed by atoms with Crippen molar-refractivity contribution >= 4 is 49.1 Å². The van der Waals surface area contributed by atoms with Gasteiger partial charge in [0.2, 0.25) is 21.8 Å². The van der Waals surface area contributed by atoms with Crippen molar-refractivity contribution in [2.45, 2.75) is 44.4 Å². The smallest absolute Gasteiger partial charge is 0.245 e. The highest BCUT2D eigenvalue weighted by Crippen LogP contribution is 2.40. The Kier molecular flexibility index (Phi) is 7.12.